The molecule has 4 aromatic rings. The van der Waals surface area contributed by atoms with Crippen molar-refractivity contribution in [2.24, 2.45) is 5.10 Å². The van der Waals surface area contributed by atoms with Gasteiger partial charge in [-0.25, -0.2) is 9.78 Å². The van der Waals surface area contributed by atoms with Crippen LogP contribution in [0.15, 0.2) is 71.1 Å². The third kappa shape index (κ3) is 6.99. The minimum Gasteiger partial charge on any atom is -0.494 e. The summed E-state index contributed by atoms with van der Waals surface area (Å²) < 4.78 is 23.7. The number of aryl methyl sites for hydroxylation is 1. The molecule has 0 N–H and O–H groups in total. The summed E-state index contributed by atoms with van der Waals surface area (Å²) in [5, 5.41) is 5.14. The number of hydrogen-bond donors (Lipinski definition) is 0. The Labute approximate surface area is 257 Å². The normalized spacial score (nSPS) is 11.2. The summed E-state index contributed by atoms with van der Waals surface area (Å²) >= 11 is 0. The molecule has 0 spiro atoms. The van der Waals surface area contributed by atoms with E-state index in [4.69, 9.17) is 23.9 Å². The molecule has 0 aliphatic heterocycles. The Balaban J connectivity index is 1.91. The summed E-state index contributed by atoms with van der Waals surface area (Å²) in [6.45, 7) is 14.5. The van der Waals surface area contributed by atoms with Crippen LogP contribution in [0, 0.1) is 6.92 Å². The predicted molar refractivity (Wildman–Crippen MR) is 173 cm³/mol. The minimum atomic E-state index is -0.511. The van der Waals surface area contributed by atoms with E-state index in [-0.39, 0.29) is 18.1 Å². The van der Waals surface area contributed by atoms with Crippen molar-refractivity contribution in [2.45, 2.75) is 47.0 Å². The van der Waals surface area contributed by atoms with Crippen LogP contribution in [-0.2, 0) is 16.0 Å². The smallest absolute Gasteiger partial charge is 0.343 e. The van der Waals surface area contributed by atoms with Crippen molar-refractivity contribution in [1.29, 1.82) is 0 Å². The van der Waals surface area contributed by atoms with Crippen molar-refractivity contribution in [3.05, 3.63) is 93.8 Å². The molecule has 4 rings (SSSR count). The fourth-order valence-corrected chi connectivity index (χ4v) is 4.88. The highest BCUT2D eigenvalue weighted by Crippen LogP contribution is 2.35. The largest absolute Gasteiger partial charge is 0.494 e. The zero-order valence-corrected chi connectivity index (χ0v) is 26.2. The lowest BCUT2D eigenvalue weighted by atomic mass is 9.96. The van der Waals surface area contributed by atoms with Crippen LogP contribution in [0.5, 0.6) is 17.2 Å². The number of rotatable bonds is 13. The Morgan fingerprint density at radius 2 is 1.77 bits per heavy atom. The summed E-state index contributed by atoms with van der Waals surface area (Å²) in [6, 6.07) is 14.9. The van der Waals surface area contributed by atoms with Gasteiger partial charge in [-0.15, -0.1) is 6.58 Å². The molecule has 0 bridgehead atoms. The number of fused-ring (bicyclic) bond motifs is 1. The summed E-state index contributed by atoms with van der Waals surface area (Å²) in [4.78, 5) is 30.6. The molecular weight excluding hydrogens is 558 g/mol. The van der Waals surface area contributed by atoms with E-state index in [2.05, 4.69) is 25.5 Å². The minimum absolute atomic E-state index is 0.181. The second-order valence-corrected chi connectivity index (χ2v) is 10.4. The first-order valence-corrected chi connectivity index (χ1v) is 14.7. The van der Waals surface area contributed by atoms with E-state index in [0.29, 0.717) is 53.4 Å². The quantitative estimate of drug-likeness (QED) is 0.0991. The van der Waals surface area contributed by atoms with Crippen molar-refractivity contribution in [3.63, 3.8) is 0 Å². The first-order valence-electron chi connectivity index (χ1n) is 14.7. The summed E-state index contributed by atoms with van der Waals surface area (Å²) in [6.07, 6.45) is 3.77. The first-order chi connectivity index (χ1) is 21.2. The standard InChI is InChI=1S/C35H39N3O6/c1-8-13-25-17-24(18-31(43-10-3)33(25)44-21-32(39)41-7)20-36-38-34(37-29-15-12-11-14-26(29)35(38)40)28-19-27(22(4)5)30(42-9-2)16-23(28)6/h8,11-12,14-20,22H,1,9-10,13,21H2,2-7H3. The molecule has 3 aromatic carbocycles. The lowest BCUT2D eigenvalue weighted by Crippen LogP contribution is -2.21. The Kier molecular flexibility index (Phi) is 10.6. The summed E-state index contributed by atoms with van der Waals surface area (Å²) in [5.41, 5.74) is 4.39. The molecule has 0 radical (unpaired) electrons. The van der Waals surface area contributed by atoms with Crippen LogP contribution >= 0.6 is 0 Å². The van der Waals surface area contributed by atoms with Crippen molar-refractivity contribution in [1.82, 2.24) is 9.66 Å². The number of benzene rings is 3. The molecular formula is C35H39N3O6. The molecule has 0 aliphatic carbocycles. The van der Waals surface area contributed by atoms with Crippen LogP contribution in [0.2, 0.25) is 0 Å². The monoisotopic (exact) mass is 597 g/mol. The van der Waals surface area contributed by atoms with Gasteiger partial charge in [0, 0.05) is 11.1 Å². The number of ether oxygens (including phenoxy) is 4. The van der Waals surface area contributed by atoms with E-state index in [9.17, 15) is 9.59 Å². The number of allylic oxidation sites excluding steroid dienone is 1. The Hall–Kier alpha value is -4.92. The highest BCUT2D eigenvalue weighted by molar-refractivity contribution is 5.84. The molecule has 230 valence electrons. The van der Waals surface area contributed by atoms with Gasteiger partial charge in [0.1, 0.15) is 5.75 Å². The molecule has 9 nitrogen and oxygen atoms in total. The molecule has 0 aliphatic rings. The molecule has 0 saturated carbocycles. The molecule has 0 fully saturated rings. The number of carbonyl (C=O) groups is 1. The molecule has 1 aromatic heterocycles. The van der Waals surface area contributed by atoms with E-state index >= 15 is 0 Å². The number of para-hydroxylation sites is 1. The maximum absolute atomic E-state index is 13.9. The number of nitrogens with zero attached hydrogens (tertiary/aromatic N) is 3. The van der Waals surface area contributed by atoms with E-state index < -0.39 is 5.97 Å². The van der Waals surface area contributed by atoms with Gasteiger partial charge in [-0.05, 0) is 86.2 Å². The average Bonchev–Trinajstić information content (AvgIpc) is 3.00. The number of esters is 1. The topological polar surface area (TPSA) is 101 Å². The van der Waals surface area contributed by atoms with Crippen molar-refractivity contribution < 1.29 is 23.7 Å². The maximum atomic E-state index is 13.9. The molecule has 0 saturated heterocycles. The zero-order valence-electron chi connectivity index (χ0n) is 26.2. The fraction of sp³-hybridized carbons (Fsp3) is 0.314. The van der Waals surface area contributed by atoms with Gasteiger partial charge in [-0.1, -0.05) is 32.1 Å². The van der Waals surface area contributed by atoms with E-state index in [1.807, 2.05) is 51.1 Å². The SMILES string of the molecule is C=CCc1cc(C=Nn2c(-c3cc(C(C)C)c(OCC)cc3C)nc3ccccc3c2=O)cc(OCC)c1OCC(=O)OC. The zero-order chi connectivity index (χ0) is 31.8. The van der Waals surface area contributed by atoms with E-state index in [0.717, 1.165) is 28.0 Å². The third-order valence-corrected chi connectivity index (χ3v) is 6.98. The number of carbonyl (C=O) groups excluding carboxylic acids is 1. The lowest BCUT2D eigenvalue weighted by Gasteiger charge is -2.18. The van der Waals surface area contributed by atoms with Crippen LogP contribution in [0.3, 0.4) is 0 Å². The molecule has 0 unspecified atom stereocenters. The van der Waals surface area contributed by atoms with Crippen LogP contribution in [-0.4, -0.2) is 48.8 Å². The highest BCUT2D eigenvalue weighted by Gasteiger charge is 2.19. The van der Waals surface area contributed by atoms with Crippen LogP contribution in [0.1, 0.15) is 55.9 Å². The van der Waals surface area contributed by atoms with Crippen molar-refractivity contribution in [3.8, 4) is 28.6 Å². The fourth-order valence-electron chi connectivity index (χ4n) is 4.88. The van der Waals surface area contributed by atoms with E-state index in [1.165, 1.54) is 11.8 Å². The lowest BCUT2D eigenvalue weighted by molar-refractivity contribution is -0.142. The molecule has 44 heavy (non-hydrogen) atoms. The Bertz CT molecular complexity index is 1760. The van der Waals surface area contributed by atoms with Gasteiger partial charge >= 0.3 is 5.97 Å². The second kappa shape index (κ2) is 14.5. The van der Waals surface area contributed by atoms with Crippen LogP contribution in [0.25, 0.3) is 22.3 Å². The highest BCUT2D eigenvalue weighted by atomic mass is 16.6. The third-order valence-electron chi connectivity index (χ3n) is 6.98. The molecule has 0 amide bonds. The first kappa shape index (κ1) is 32.0. The van der Waals surface area contributed by atoms with Gasteiger partial charge in [-0.3, -0.25) is 4.79 Å². The van der Waals surface area contributed by atoms with Crippen LogP contribution < -0.4 is 19.8 Å². The predicted octanol–water partition coefficient (Wildman–Crippen LogP) is 6.46. The van der Waals surface area contributed by atoms with Crippen molar-refractivity contribution in [2.75, 3.05) is 26.9 Å². The van der Waals surface area contributed by atoms with Crippen LogP contribution in [0.4, 0.5) is 0 Å². The maximum Gasteiger partial charge on any atom is 0.343 e. The number of hydrogen-bond acceptors (Lipinski definition) is 8. The van der Waals surface area contributed by atoms with Gasteiger partial charge < -0.3 is 18.9 Å². The second-order valence-electron chi connectivity index (χ2n) is 10.4. The Morgan fingerprint density at radius 1 is 1.05 bits per heavy atom. The number of methoxy groups -OCH3 is 1. The summed E-state index contributed by atoms with van der Waals surface area (Å²) in [7, 11) is 1.30. The van der Waals surface area contributed by atoms with Gasteiger partial charge in [0.15, 0.2) is 23.9 Å². The van der Waals surface area contributed by atoms with Gasteiger partial charge in [-0.2, -0.15) is 9.78 Å². The van der Waals surface area contributed by atoms with Gasteiger partial charge in [0.2, 0.25) is 0 Å². The summed E-state index contributed by atoms with van der Waals surface area (Å²) in [5.74, 6) is 1.76. The molecule has 0 atom stereocenters. The average molecular weight is 598 g/mol. The van der Waals surface area contributed by atoms with Gasteiger partial charge in [0.25, 0.3) is 5.56 Å². The van der Waals surface area contributed by atoms with Crippen molar-refractivity contribution >= 4 is 23.1 Å². The molecule has 9 heteroatoms. The van der Waals surface area contributed by atoms with E-state index in [1.54, 1.807) is 30.5 Å². The Morgan fingerprint density at radius 3 is 2.45 bits per heavy atom. The number of aromatic nitrogens is 2. The molecule has 1 heterocycles. The van der Waals surface area contributed by atoms with Gasteiger partial charge in [0.05, 0.1) is 37.4 Å².